The molecule has 3 aromatic rings. The third kappa shape index (κ3) is 3.07. The highest BCUT2D eigenvalue weighted by atomic mass is 16.5. The highest BCUT2D eigenvalue weighted by molar-refractivity contribution is 5.78. The summed E-state index contributed by atoms with van der Waals surface area (Å²) in [5.74, 6) is 0.649. The Hall–Kier alpha value is -2.48. The first-order valence-electron chi connectivity index (χ1n) is 9.10. The molecule has 0 saturated heterocycles. The number of fused-ring (bicyclic) bond motifs is 1. The van der Waals surface area contributed by atoms with Crippen LogP contribution in [-0.4, -0.2) is 43.1 Å². The molecule has 0 amide bonds. The van der Waals surface area contributed by atoms with Crippen molar-refractivity contribution in [1.82, 2.24) is 14.5 Å². The molecule has 7 nitrogen and oxygen atoms in total. The number of aliphatic hydroxyl groups excluding tert-OH is 2. The summed E-state index contributed by atoms with van der Waals surface area (Å²) >= 11 is 0. The monoisotopic (exact) mass is 368 g/mol. The molecule has 4 rings (SSSR count). The second-order valence-corrected chi connectivity index (χ2v) is 7.18. The Balaban J connectivity index is 1.62. The van der Waals surface area contributed by atoms with Crippen LogP contribution < -0.4 is 10.5 Å². The SMILES string of the molecule is Cc1ccc(O[C@H]2C[C@@H](n3ccc4c(C)ncnc43)[C@H](O)[C@@H]2O)c(CN)c1. The molecule has 0 aliphatic heterocycles. The summed E-state index contributed by atoms with van der Waals surface area (Å²) in [6, 6.07) is 7.39. The smallest absolute Gasteiger partial charge is 0.143 e. The predicted octanol–water partition coefficient (Wildman–Crippen LogP) is 1.62. The maximum atomic E-state index is 10.7. The molecule has 0 spiro atoms. The van der Waals surface area contributed by atoms with Gasteiger partial charge in [0.25, 0.3) is 0 Å². The fourth-order valence-electron chi connectivity index (χ4n) is 3.87. The predicted molar refractivity (Wildman–Crippen MR) is 101 cm³/mol. The van der Waals surface area contributed by atoms with Gasteiger partial charge in [-0.25, -0.2) is 9.97 Å². The van der Waals surface area contributed by atoms with Gasteiger partial charge < -0.3 is 25.3 Å². The first kappa shape index (κ1) is 17.9. The van der Waals surface area contributed by atoms with Gasteiger partial charge in [0.2, 0.25) is 0 Å². The normalized spacial score (nSPS) is 25.2. The zero-order valence-corrected chi connectivity index (χ0v) is 15.4. The van der Waals surface area contributed by atoms with Crippen LogP contribution in [-0.2, 0) is 6.54 Å². The Morgan fingerprint density at radius 3 is 2.78 bits per heavy atom. The van der Waals surface area contributed by atoms with E-state index in [0.717, 1.165) is 27.9 Å². The highest BCUT2D eigenvalue weighted by Gasteiger charge is 2.44. The molecule has 142 valence electrons. The summed E-state index contributed by atoms with van der Waals surface area (Å²) in [5.41, 5.74) is 9.44. The lowest BCUT2D eigenvalue weighted by atomic mass is 10.1. The Kier molecular flexibility index (Phi) is 4.59. The van der Waals surface area contributed by atoms with E-state index in [4.69, 9.17) is 10.5 Å². The van der Waals surface area contributed by atoms with Crippen molar-refractivity contribution in [3.63, 3.8) is 0 Å². The van der Waals surface area contributed by atoms with E-state index in [9.17, 15) is 10.2 Å². The van der Waals surface area contributed by atoms with E-state index < -0.39 is 18.3 Å². The van der Waals surface area contributed by atoms with Gasteiger partial charge in [0, 0.05) is 30.1 Å². The standard InChI is InChI=1S/C20H24N4O3/c1-11-3-4-16(13(7-11)9-21)27-17-8-15(18(25)19(17)26)24-6-5-14-12(2)22-10-23-20(14)24/h3-7,10,15,17-19,25-26H,8-9,21H2,1-2H3/t15-,17+,18+,19-/m1/s1. The third-order valence-electron chi connectivity index (χ3n) is 5.38. The van der Waals surface area contributed by atoms with Crippen molar-refractivity contribution in [2.75, 3.05) is 0 Å². The van der Waals surface area contributed by atoms with E-state index in [-0.39, 0.29) is 6.04 Å². The molecule has 7 heteroatoms. The molecule has 1 aliphatic rings. The third-order valence-corrected chi connectivity index (χ3v) is 5.38. The molecule has 27 heavy (non-hydrogen) atoms. The number of aromatic nitrogens is 3. The zero-order chi connectivity index (χ0) is 19.1. The van der Waals surface area contributed by atoms with Crippen LogP contribution in [0.15, 0.2) is 36.8 Å². The van der Waals surface area contributed by atoms with Crippen molar-refractivity contribution in [2.45, 2.75) is 51.2 Å². The second kappa shape index (κ2) is 6.92. The number of aliphatic hydroxyl groups is 2. The van der Waals surface area contributed by atoms with Crippen LogP contribution in [0.25, 0.3) is 11.0 Å². The highest BCUT2D eigenvalue weighted by Crippen LogP contribution is 2.36. The van der Waals surface area contributed by atoms with Gasteiger partial charge in [-0.2, -0.15) is 0 Å². The topological polar surface area (TPSA) is 106 Å². The maximum absolute atomic E-state index is 10.7. The van der Waals surface area contributed by atoms with Crippen LogP contribution in [0, 0.1) is 13.8 Å². The Morgan fingerprint density at radius 1 is 1.19 bits per heavy atom. The molecule has 1 aliphatic carbocycles. The summed E-state index contributed by atoms with van der Waals surface area (Å²) in [6.45, 7) is 4.27. The maximum Gasteiger partial charge on any atom is 0.143 e. The molecule has 1 fully saturated rings. The summed E-state index contributed by atoms with van der Waals surface area (Å²) < 4.78 is 7.97. The van der Waals surface area contributed by atoms with Crippen LogP contribution in [0.4, 0.5) is 0 Å². The van der Waals surface area contributed by atoms with E-state index in [0.29, 0.717) is 18.7 Å². The van der Waals surface area contributed by atoms with Gasteiger partial charge in [0.05, 0.1) is 11.7 Å². The number of rotatable bonds is 4. The van der Waals surface area contributed by atoms with E-state index in [1.165, 1.54) is 6.33 Å². The van der Waals surface area contributed by atoms with Crippen molar-refractivity contribution in [3.8, 4) is 5.75 Å². The molecule has 0 unspecified atom stereocenters. The zero-order valence-electron chi connectivity index (χ0n) is 15.4. The van der Waals surface area contributed by atoms with Crippen LogP contribution >= 0.6 is 0 Å². The number of hydrogen-bond donors (Lipinski definition) is 3. The fourth-order valence-corrected chi connectivity index (χ4v) is 3.87. The van der Waals surface area contributed by atoms with Gasteiger partial charge in [0.1, 0.15) is 36.0 Å². The summed E-state index contributed by atoms with van der Waals surface area (Å²) in [7, 11) is 0. The van der Waals surface area contributed by atoms with E-state index in [1.54, 1.807) is 0 Å². The Bertz CT molecular complexity index is 971. The molecule has 2 aromatic heterocycles. The van der Waals surface area contributed by atoms with Crippen LogP contribution in [0.3, 0.4) is 0 Å². The molecule has 4 N–H and O–H groups in total. The molecule has 0 bridgehead atoms. The number of benzene rings is 1. The van der Waals surface area contributed by atoms with Crippen molar-refractivity contribution in [1.29, 1.82) is 0 Å². The number of hydrogen-bond acceptors (Lipinski definition) is 6. The molecular weight excluding hydrogens is 344 g/mol. The number of aryl methyl sites for hydroxylation is 2. The minimum absolute atomic E-state index is 0.330. The minimum atomic E-state index is -0.998. The minimum Gasteiger partial charge on any atom is -0.487 e. The lowest BCUT2D eigenvalue weighted by Crippen LogP contribution is -2.34. The average Bonchev–Trinajstić information content (AvgIpc) is 3.20. The Labute approximate surface area is 157 Å². The molecule has 1 saturated carbocycles. The summed E-state index contributed by atoms with van der Waals surface area (Å²) in [4.78, 5) is 8.56. The fraction of sp³-hybridized carbons (Fsp3) is 0.400. The van der Waals surface area contributed by atoms with Gasteiger partial charge in [-0.15, -0.1) is 0 Å². The Morgan fingerprint density at radius 2 is 2.00 bits per heavy atom. The molecule has 2 heterocycles. The average molecular weight is 368 g/mol. The largest absolute Gasteiger partial charge is 0.487 e. The van der Waals surface area contributed by atoms with Crippen molar-refractivity contribution in [2.24, 2.45) is 5.73 Å². The van der Waals surface area contributed by atoms with Crippen LogP contribution in [0.5, 0.6) is 5.75 Å². The summed E-state index contributed by atoms with van der Waals surface area (Å²) in [5, 5.41) is 22.2. The van der Waals surface area contributed by atoms with Crippen molar-refractivity contribution < 1.29 is 14.9 Å². The molecule has 0 radical (unpaired) electrons. The number of nitrogens with two attached hydrogens (primary N) is 1. The van der Waals surface area contributed by atoms with Crippen molar-refractivity contribution in [3.05, 3.63) is 53.6 Å². The number of ether oxygens (including phenoxy) is 1. The van der Waals surface area contributed by atoms with E-state index >= 15 is 0 Å². The molecule has 1 aromatic carbocycles. The van der Waals surface area contributed by atoms with Gasteiger partial charge in [-0.1, -0.05) is 17.7 Å². The summed E-state index contributed by atoms with van der Waals surface area (Å²) in [6.07, 6.45) is 1.38. The van der Waals surface area contributed by atoms with E-state index in [1.807, 2.05) is 48.9 Å². The van der Waals surface area contributed by atoms with Gasteiger partial charge in [-0.05, 0) is 26.0 Å². The second-order valence-electron chi connectivity index (χ2n) is 7.18. The quantitative estimate of drug-likeness (QED) is 0.646. The van der Waals surface area contributed by atoms with Gasteiger partial charge >= 0.3 is 0 Å². The van der Waals surface area contributed by atoms with E-state index in [2.05, 4.69) is 9.97 Å². The lowest BCUT2D eigenvalue weighted by Gasteiger charge is -2.20. The van der Waals surface area contributed by atoms with Crippen LogP contribution in [0.1, 0.15) is 29.3 Å². The van der Waals surface area contributed by atoms with Gasteiger partial charge in [-0.3, -0.25) is 0 Å². The lowest BCUT2D eigenvalue weighted by molar-refractivity contribution is -0.0165. The van der Waals surface area contributed by atoms with Gasteiger partial charge in [0.15, 0.2) is 0 Å². The number of nitrogens with zero attached hydrogens (tertiary/aromatic N) is 3. The van der Waals surface area contributed by atoms with Crippen molar-refractivity contribution >= 4 is 11.0 Å². The first-order valence-corrected chi connectivity index (χ1v) is 9.10. The molecular formula is C20H24N4O3. The first-order chi connectivity index (χ1) is 13.0. The van der Waals surface area contributed by atoms with Crippen LogP contribution in [0.2, 0.25) is 0 Å². The molecule has 4 atom stereocenters.